The van der Waals surface area contributed by atoms with Gasteiger partial charge in [0, 0.05) is 12.7 Å². The zero-order valence-corrected chi connectivity index (χ0v) is 10.3. The Hall–Kier alpha value is -1.20. The fourth-order valence-electron chi connectivity index (χ4n) is 1.17. The van der Waals surface area contributed by atoms with Crippen molar-refractivity contribution in [1.82, 2.24) is 15.0 Å². The molecule has 1 N–H and O–H groups in total. The molecule has 2 heterocycles. The molecule has 0 saturated carbocycles. The molecule has 0 atom stereocenters. The number of rotatable bonds is 4. The molecule has 16 heavy (non-hydrogen) atoms. The van der Waals surface area contributed by atoms with Crippen molar-refractivity contribution in [3.8, 4) is 10.8 Å². The van der Waals surface area contributed by atoms with Crippen LogP contribution in [0.25, 0.3) is 10.8 Å². The van der Waals surface area contributed by atoms with Crippen molar-refractivity contribution in [2.45, 2.75) is 13.3 Å². The topological polar surface area (TPSA) is 50.7 Å². The summed E-state index contributed by atoms with van der Waals surface area (Å²) in [6, 6.07) is 1.84. The Balaban J connectivity index is 2.22. The molecule has 2 rings (SSSR count). The van der Waals surface area contributed by atoms with Gasteiger partial charge in [0.2, 0.25) is 0 Å². The van der Waals surface area contributed by atoms with Crippen LogP contribution in [0.3, 0.4) is 0 Å². The number of nitrogens with zero attached hydrogens (tertiary/aromatic N) is 3. The van der Waals surface area contributed by atoms with Crippen LogP contribution in [0, 0.1) is 0 Å². The molecule has 6 heteroatoms. The van der Waals surface area contributed by atoms with Crippen LogP contribution in [0.5, 0.6) is 0 Å². The van der Waals surface area contributed by atoms with Crippen LogP contribution >= 0.6 is 22.9 Å². The molecule has 0 aliphatic rings. The molecule has 0 aliphatic heterocycles. The summed E-state index contributed by atoms with van der Waals surface area (Å²) in [4.78, 5) is 12.7. The molecule has 0 aromatic carbocycles. The fourth-order valence-corrected chi connectivity index (χ4v) is 2.02. The highest BCUT2D eigenvalue weighted by Crippen LogP contribution is 2.25. The smallest absolute Gasteiger partial charge is 0.190 e. The van der Waals surface area contributed by atoms with Gasteiger partial charge in [-0.25, -0.2) is 15.0 Å². The van der Waals surface area contributed by atoms with Crippen LogP contribution in [-0.2, 0) is 0 Å². The van der Waals surface area contributed by atoms with Gasteiger partial charge in [-0.3, -0.25) is 0 Å². The van der Waals surface area contributed by atoms with E-state index in [4.69, 9.17) is 11.6 Å². The van der Waals surface area contributed by atoms with Crippen molar-refractivity contribution in [3.63, 3.8) is 0 Å². The molecular weight excluding hydrogens is 244 g/mol. The summed E-state index contributed by atoms with van der Waals surface area (Å²) in [5.74, 6) is 1.43. The second-order valence-corrected chi connectivity index (χ2v) is 4.82. The minimum Gasteiger partial charge on any atom is -0.370 e. The first-order chi connectivity index (χ1) is 7.79. The summed E-state index contributed by atoms with van der Waals surface area (Å²) in [5.41, 5.74) is 0. The lowest BCUT2D eigenvalue weighted by molar-refractivity contribution is 0.965. The van der Waals surface area contributed by atoms with Crippen molar-refractivity contribution in [2.24, 2.45) is 0 Å². The van der Waals surface area contributed by atoms with Gasteiger partial charge in [-0.15, -0.1) is 0 Å². The SMILES string of the molecule is CCCNc1ccnc(-c2ncc(Cl)s2)n1. The standard InChI is InChI=1S/C10H11ClN4S/c1-2-4-12-8-3-5-13-9(15-8)10-14-6-7(11)16-10/h3,5-6H,2,4H2,1H3,(H,12,13,15). The van der Waals surface area contributed by atoms with Crippen molar-refractivity contribution < 1.29 is 0 Å². The minimum atomic E-state index is 0.609. The maximum atomic E-state index is 5.82. The number of hydrogen-bond donors (Lipinski definition) is 1. The first kappa shape index (κ1) is 11.3. The lowest BCUT2D eigenvalue weighted by atomic mass is 10.4. The van der Waals surface area contributed by atoms with E-state index < -0.39 is 0 Å². The third-order valence-electron chi connectivity index (χ3n) is 1.88. The first-order valence-corrected chi connectivity index (χ1v) is 6.17. The van der Waals surface area contributed by atoms with Gasteiger partial charge in [0.25, 0.3) is 0 Å². The number of anilines is 1. The van der Waals surface area contributed by atoms with Gasteiger partial charge in [0.15, 0.2) is 10.8 Å². The van der Waals surface area contributed by atoms with E-state index in [9.17, 15) is 0 Å². The van der Waals surface area contributed by atoms with Gasteiger partial charge < -0.3 is 5.32 Å². The third-order valence-corrected chi connectivity index (χ3v) is 2.99. The Labute approximate surface area is 103 Å². The van der Waals surface area contributed by atoms with E-state index in [0.29, 0.717) is 10.2 Å². The lowest BCUT2D eigenvalue weighted by Crippen LogP contribution is -2.02. The Bertz CT molecular complexity index is 471. The highest BCUT2D eigenvalue weighted by Gasteiger charge is 2.06. The molecule has 0 saturated heterocycles. The van der Waals surface area contributed by atoms with E-state index in [1.54, 1.807) is 12.4 Å². The molecule has 0 spiro atoms. The maximum Gasteiger partial charge on any atom is 0.190 e. The third kappa shape index (κ3) is 2.68. The zero-order chi connectivity index (χ0) is 11.4. The van der Waals surface area contributed by atoms with E-state index >= 15 is 0 Å². The summed E-state index contributed by atoms with van der Waals surface area (Å²) in [7, 11) is 0. The number of thiazole rings is 1. The molecule has 2 aromatic heterocycles. The van der Waals surface area contributed by atoms with Crippen LogP contribution in [0.4, 0.5) is 5.82 Å². The summed E-state index contributed by atoms with van der Waals surface area (Å²) in [6.45, 7) is 3.00. The molecule has 0 unspecified atom stereocenters. The van der Waals surface area contributed by atoms with E-state index in [0.717, 1.165) is 23.8 Å². The lowest BCUT2D eigenvalue weighted by Gasteiger charge is -2.03. The van der Waals surface area contributed by atoms with Gasteiger partial charge in [-0.2, -0.15) is 0 Å². The van der Waals surface area contributed by atoms with Gasteiger partial charge in [0.05, 0.1) is 6.20 Å². The molecule has 84 valence electrons. The second kappa shape index (κ2) is 5.23. The summed E-state index contributed by atoms with van der Waals surface area (Å²) < 4.78 is 0.644. The molecule has 0 amide bonds. The fraction of sp³-hybridized carbons (Fsp3) is 0.300. The Morgan fingerprint density at radius 1 is 1.44 bits per heavy atom. The second-order valence-electron chi connectivity index (χ2n) is 3.16. The largest absolute Gasteiger partial charge is 0.370 e. The van der Waals surface area contributed by atoms with E-state index in [2.05, 4.69) is 27.2 Å². The van der Waals surface area contributed by atoms with E-state index in [-0.39, 0.29) is 0 Å². The van der Waals surface area contributed by atoms with Crippen LogP contribution in [0.2, 0.25) is 4.34 Å². The summed E-state index contributed by atoms with van der Waals surface area (Å²) >= 11 is 7.19. The van der Waals surface area contributed by atoms with Gasteiger partial charge >= 0.3 is 0 Å². The minimum absolute atomic E-state index is 0.609. The summed E-state index contributed by atoms with van der Waals surface area (Å²) in [6.07, 6.45) is 4.38. The van der Waals surface area contributed by atoms with Gasteiger partial charge in [-0.05, 0) is 12.5 Å². The average molecular weight is 255 g/mol. The first-order valence-electron chi connectivity index (χ1n) is 4.98. The molecule has 0 radical (unpaired) electrons. The van der Waals surface area contributed by atoms with Crippen LogP contribution in [-0.4, -0.2) is 21.5 Å². The normalized spacial score (nSPS) is 10.4. The monoisotopic (exact) mass is 254 g/mol. The molecule has 0 aliphatic carbocycles. The number of hydrogen-bond acceptors (Lipinski definition) is 5. The van der Waals surface area contributed by atoms with Gasteiger partial charge in [-0.1, -0.05) is 29.9 Å². The molecule has 2 aromatic rings. The van der Waals surface area contributed by atoms with Crippen LogP contribution < -0.4 is 5.32 Å². The van der Waals surface area contributed by atoms with E-state index in [1.165, 1.54) is 11.3 Å². The molecule has 4 nitrogen and oxygen atoms in total. The predicted octanol–water partition coefficient (Wildman–Crippen LogP) is 3.08. The quantitative estimate of drug-likeness (QED) is 0.911. The summed E-state index contributed by atoms with van der Waals surface area (Å²) in [5, 5.41) is 3.94. The van der Waals surface area contributed by atoms with Gasteiger partial charge in [0.1, 0.15) is 10.2 Å². The van der Waals surface area contributed by atoms with Crippen molar-refractivity contribution in [2.75, 3.05) is 11.9 Å². The molecule has 0 fully saturated rings. The number of aromatic nitrogens is 3. The van der Waals surface area contributed by atoms with Crippen LogP contribution in [0.15, 0.2) is 18.5 Å². The Kier molecular flexibility index (Phi) is 3.69. The zero-order valence-electron chi connectivity index (χ0n) is 8.77. The number of nitrogens with one attached hydrogen (secondary N) is 1. The Morgan fingerprint density at radius 3 is 3.00 bits per heavy atom. The molecular formula is C10H11ClN4S. The average Bonchev–Trinajstić information content (AvgIpc) is 2.74. The van der Waals surface area contributed by atoms with Crippen molar-refractivity contribution in [1.29, 1.82) is 0 Å². The molecule has 0 bridgehead atoms. The van der Waals surface area contributed by atoms with Crippen molar-refractivity contribution in [3.05, 3.63) is 22.8 Å². The van der Waals surface area contributed by atoms with Crippen LogP contribution in [0.1, 0.15) is 13.3 Å². The predicted molar refractivity (Wildman–Crippen MR) is 66.9 cm³/mol. The highest BCUT2D eigenvalue weighted by atomic mass is 35.5. The number of halogens is 1. The van der Waals surface area contributed by atoms with Crippen molar-refractivity contribution >= 4 is 28.8 Å². The highest BCUT2D eigenvalue weighted by molar-refractivity contribution is 7.18. The van der Waals surface area contributed by atoms with E-state index in [1.807, 2.05) is 6.07 Å². The maximum absolute atomic E-state index is 5.82. The Morgan fingerprint density at radius 2 is 2.31 bits per heavy atom.